The summed E-state index contributed by atoms with van der Waals surface area (Å²) < 4.78 is 1.17. The molecule has 2 rings (SSSR count). The Bertz CT molecular complexity index is 560. The van der Waals surface area contributed by atoms with Crippen LogP contribution < -0.4 is 5.32 Å². The number of hydrogen-bond acceptors (Lipinski definition) is 2. The van der Waals surface area contributed by atoms with Crippen LogP contribution in [0.25, 0.3) is 0 Å². The maximum atomic E-state index is 3.61. The first-order chi connectivity index (χ1) is 8.52. The Balaban J connectivity index is 2.45. The molecule has 1 aromatic carbocycles. The lowest BCUT2D eigenvalue weighted by Gasteiger charge is -2.17. The average molecular weight is 324 g/mol. The van der Waals surface area contributed by atoms with E-state index in [0.717, 1.165) is 0 Å². The van der Waals surface area contributed by atoms with Crippen LogP contribution in [0.15, 0.2) is 28.7 Å². The zero-order valence-electron chi connectivity index (χ0n) is 11.2. The highest BCUT2D eigenvalue weighted by molar-refractivity contribution is 9.10. The minimum atomic E-state index is 0.270. The molecule has 18 heavy (non-hydrogen) atoms. The third kappa shape index (κ3) is 2.68. The lowest BCUT2D eigenvalue weighted by Crippen LogP contribution is -2.17. The molecule has 0 aliphatic rings. The molecule has 0 amide bonds. The van der Waals surface area contributed by atoms with Crippen molar-refractivity contribution in [3.8, 4) is 0 Å². The van der Waals surface area contributed by atoms with E-state index < -0.39 is 0 Å². The monoisotopic (exact) mass is 323 g/mol. The highest BCUT2D eigenvalue weighted by Gasteiger charge is 2.16. The molecule has 0 aliphatic heterocycles. The zero-order chi connectivity index (χ0) is 13.3. The van der Waals surface area contributed by atoms with Gasteiger partial charge < -0.3 is 5.32 Å². The van der Waals surface area contributed by atoms with Crippen molar-refractivity contribution in [2.45, 2.75) is 26.8 Å². The number of thiophene rings is 1. The molecule has 0 radical (unpaired) electrons. The van der Waals surface area contributed by atoms with E-state index in [-0.39, 0.29) is 6.04 Å². The number of benzene rings is 1. The number of nitrogens with one attached hydrogen (secondary N) is 1. The second kappa shape index (κ2) is 5.55. The van der Waals surface area contributed by atoms with Gasteiger partial charge in [-0.25, -0.2) is 0 Å². The van der Waals surface area contributed by atoms with Crippen LogP contribution in [0.5, 0.6) is 0 Å². The largest absolute Gasteiger partial charge is 0.309 e. The molecule has 2 aromatic rings. The van der Waals surface area contributed by atoms with Gasteiger partial charge in [0.2, 0.25) is 0 Å². The maximum absolute atomic E-state index is 3.61. The lowest BCUT2D eigenvalue weighted by molar-refractivity contribution is 0.690. The molecule has 0 fully saturated rings. The Morgan fingerprint density at radius 1 is 1.17 bits per heavy atom. The molecule has 1 atom stereocenters. The Labute approximate surface area is 121 Å². The molecule has 1 nitrogen and oxygen atoms in total. The lowest BCUT2D eigenvalue weighted by atomic mass is 9.98. The van der Waals surface area contributed by atoms with E-state index >= 15 is 0 Å². The number of aryl methyl sites for hydroxylation is 3. The van der Waals surface area contributed by atoms with Gasteiger partial charge >= 0.3 is 0 Å². The van der Waals surface area contributed by atoms with Crippen LogP contribution in [0.3, 0.4) is 0 Å². The summed E-state index contributed by atoms with van der Waals surface area (Å²) in [6.07, 6.45) is 0. The Kier molecular flexibility index (Phi) is 4.25. The van der Waals surface area contributed by atoms with Crippen LogP contribution in [0, 0.1) is 20.8 Å². The van der Waals surface area contributed by atoms with Gasteiger partial charge in [-0.15, -0.1) is 11.3 Å². The quantitative estimate of drug-likeness (QED) is 0.859. The second-order valence-electron chi connectivity index (χ2n) is 4.60. The van der Waals surface area contributed by atoms with Crippen molar-refractivity contribution < 1.29 is 0 Å². The van der Waals surface area contributed by atoms with E-state index in [9.17, 15) is 0 Å². The molecular weight excluding hydrogens is 306 g/mol. The maximum Gasteiger partial charge on any atom is 0.0585 e. The van der Waals surface area contributed by atoms with Crippen molar-refractivity contribution in [1.82, 2.24) is 5.32 Å². The van der Waals surface area contributed by atoms with Gasteiger partial charge in [-0.2, -0.15) is 0 Å². The van der Waals surface area contributed by atoms with Gasteiger partial charge in [-0.1, -0.05) is 28.1 Å². The predicted molar refractivity (Wildman–Crippen MR) is 83.6 cm³/mol. The third-order valence-electron chi connectivity index (χ3n) is 3.21. The van der Waals surface area contributed by atoms with Crippen LogP contribution in [0.4, 0.5) is 0 Å². The summed E-state index contributed by atoms with van der Waals surface area (Å²) in [4.78, 5) is 2.76. The van der Waals surface area contributed by atoms with Crippen LogP contribution in [0.2, 0.25) is 0 Å². The van der Waals surface area contributed by atoms with Gasteiger partial charge in [0.05, 0.1) is 6.04 Å². The topological polar surface area (TPSA) is 12.0 Å². The molecule has 1 heterocycles. The molecule has 1 N–H and O–H groups in total. The highest BCUT2D eigenvalue weighted by Crippen LogP contribution is 2.32. The van der Waals surface area contributed by atoms with Gasteiger partial charge in [0.15, 0.2) is 0 Å². The van der Waals surface area contributed by atoms with E-state index in [0.29, 0.717) is 0 Å². The van der Waals surface area contributed by atoms with Crippen molar-refractivity contribution in [2.24, 2.45) is 0 Å². The third-order valence-corrected chi connectivity index (χ3v) is 5.04. The van der Waals surface area contributed by atoms with Crippen LogP contribution in [0.1, 0.15) is 32.5 Å². The van der Waals surface area contributed by atoms with Crippen molar-refractivity contribution in [1.29, 1.82) is 0 Å². The molecule has 1 aromatic heterocycles. The molecule has 0 spiro atoms. The van der Waals surface area contributed by atoms with Gasteiger partial charge in [0, 0.05) is 14.2 Å². The summed E-state index contributed by atoms with van der Waals surface area (Å²) in [5.41, 5.74) is 3.96. The second-order valence-corrected chi connectivity index (χ2v) is 6.91. The number of rotatable bonds is 3. The first kappa shape index (κ1) is 13.8. The van der Waals surface area contributed by atoms with E-state index in [1.807, 2.05) is 18.4 Å². The highest BCUT2D eigenvalue weighted by atomic mass is 79.9. The zero-order valence-corrected chi connectivity index (χ0v) is 13.6. The van der Waals surface area contributed by atoms with Crippen molar-refractivity contribution in [3.05, 3.63) is 55.2 Å². The van der Waals surface area contributed by atoms with Crippen LogP contribution in [-0.4, -0.2) is 7.05 Å². The fourth-order valence-corrected chi connectivity index (χ4v) is 3.59. The predicted octanol–water partition coefficient (Wildman–Crippen LogP) is 4.74. The summed E-state index contributed by atoms with van der Waals surface area (Å²) in [6.45, 7) is 6.47. The Morgan fingerprint density at radius 3 is 2.39 bits per heavy atom. The first-order valence-corrected chi connectivity index (χ1v) is 7.64. The standard InChI is InChI=1S/C15H18BrNS/c1-9-5-6-12(8-14(9)16)15(17-4)13-7-10(2)18-11(13)3/h5-8,15,17H,1-4H3. The number of hydrogen-bond donors (Lipinski definition) is 1. The summed E-state index contributed by atoms with van der Waals surface area (Å²) in [7, 11) is 2.02. The van der Waals surface area contributed by atoms with Crippen LogP contribution in [-0.2, 0) is 0 Å². The molecular formula is C15H18BrNS. The van der Waals surface area contributed by atoms with Crippen molar-refractivity contribution in [2.75, 3.05) is 7.05 Å². The van der Waals surface area contributed by atoms with E-state index in [2.05, 4.69) is 66.3 Å². The molecule has 0 saturated heterocycles. The molecule has 0 aliphatic carbocycles. The summed E-state index contributed by atoms with van der Waals surface area (Å²) >= 11 is 5.48. The van der Waals surface area contributed by atoms with Crippen molar-refractivity contribution >= 4 is 27.3 Å². The van der Waals surface area contributed by atoms with E-state index in [1.165, 1.54) is 30.9 Å². The molecule has 3 heteroatoms. The summed E-state index contributed by atoms with van der Waals surface area (Å²) in [5.74, 6) is 0. The minimum absolute atomic E-state index is 0.270. The summed E-state index contributed by atoms with van der Waals surface area (Å²) in [5, 5.41) is 3.42. The van der Waals surface area contributed by atoms with Gasteiger partial charge in [0.25, 0.3) is 0 Å². The molecule has 96 valence electrons. The Morgan fingerprint density at radius 2 is 1.89 bits per heavy atom. The minimum Gasteiger partial charge on any atom is -0.309 e. The van der Waals surface area contributed by atoms with E-state index in [4.69, 9.17) is 0 Å². The van der Waals surface area contributed by atoms with Crippen molar-refractivity contribution in [3.63, 3.8) is 0 Å². The van der Waals surface area contributed by atoms with Gasteiger partial charge in [-0.3, -0.25) is 0 Å². The molecule has 0 saturated carbocycles. The Hall–Kier alpha value is -0.640. The number of halogens is 1. The first-order valence-electron chi connectivity index (χ1n) is 6.03. The normalized spacial score (nSPS) is 12.7. The van der Waals surface area contributed by atoms with Crippen LogP contribution >= 0.6 is 27.3 Å². The fourth-order valence-electron chi connectivity index (χ4n) is 2.23. The average Bonchev–Trinajstić information content (AvgIpc) is 2.64. The SMILES string of the molecule is CNC(c1ccc(C)c(Br)c1)c1cc(C)sc1C. The van der Waals surface area contributed by atoms with Gasteiger partial charge in [-0.05, 0) is 56.6 Å². The smallest absolute Gasteiger partial charge is 0.0585 e. The summed E-state index contributed by atoms with van der Waals surface area (Å²) in [6, 6.07) is 9.14. The van der Waals surface area contributed by atoms with E-state index in [1.54, 1.807) is 0 Å². The molecule has 1 unspecified atom stereocenters. The fraction of sp³-hybridized carbons (Fsp3) is 0.333. The van der Waals surface area contributed by atoms with Gasteiger partial charge in [0.1, 0.15) is 0 Å². The molecule has 0 bridgehead atoms.